The zero-order chi connectivity index (χ0) is 34.9. The molecule has 6 aromatic rings. The minimum atomic E-state index is -4.94. The van der Waals surface area contributed by atoms with Crippen molar-refractivity contribution in [3.63, 3.8) is 0 Å². The molecule has 8 rings (SSSR count). The standard InChI is InChI=1S/C38H32ClN3O2P.ClHO4/c39-30-21-19-28(20-22-30)36-40-37(38(44-36)41-24-27-23-29(26-41)34-17-10-18-35(43)42(34)25-27)45(31-11-4-1-5-12-31,32-13-6-2-7-14-32)33-15-8-3-9-16-33;2-1(3,4)5/h1-22,27,29H,23-26H2;(H,2,3,4,5)/q+1;/p-1/t27-,29+;/m0./s1. The predicted octanol–water partition coefficient (Wildman–Crippen LogP) is 1.64. The number of halogens is 2. The van der Waals surface area contributed by atoms with Gasteiger partial charge in [0.15, 0.2) is 7.26 Å². The van der Waals surface area contributed by atoms with Gasteiger partial charge in [-0.25, -0.2) is 18.6 Å². The van der Waals surface area contributed by atoms with Crippen LogP contribution in [0, 0.1) is 16.2 Å². The highest BCUT2D eigenvalue weighted by Crippen LogP contribution is 2.56. The Kier molecular flexibility index (Phi) is 9.65. The fourth-order valence-corrected chi connectivity index (χ4v) is 11.6. The topological polar surface area (TPSA) is 144 Å². The van der Waals surface area contributed by atoms with Gasteiger partial charge in [0.05, 0.1) is 0 Å². The van der Waals surface area contributed by atoms with Gasteiger partial charge in [-0.2, -0.15) is 4.98 Å². The molecule has 12 heteroatoms. The Balaban J connectivity index is 0.000000734. The lowest BCUT2D eigenvalue weighted by atomic mass is 9.83. The summed E-state index contributed by atoms with van der Waals surface area (Å²) in [6.07, 6.45) is 1.06. The number of rotatable bonds is 6. The molecule has 2 aromatic heterocycles. The molecule has 0 amide bonds. The van der Waals surface area contributed by atoms with Crippen LogP contribution in [-0.2, 0) is 6.54 Å². The van der Waals surface area contributed by atoms with Gasteiger partial charge in [-0.05, 0) is 79.1 Å². The molecule has 2 aliphatic heterocycles. The lowest BCUT2D eigenvalue weighted by molar-refractivity contribution is -2.00. The van der Waals surface area contributed by atoms with Crippen LogP contribution in [0.1, 0.15) is 18.0 Å². The maximum atomic E-state index is 12.8. The zero-order valence-electron chi connectivity index (χ0n) is 26.7. The normalized spacial score (nSPS) is 17.0. The number of fused-ring (bicyclic) bond motifs is 4. The highest BCUT2D eigenvalue weighted by molar-refractivity contribution is 8.01. The smallest absolute Gasteiger partial charge is 0.262 e. The highest BCUT2D eigenvalue weighted by atomic mass is 35.7. The monoisotopic (exact) mass is 727 g/mol. The molecular formula is C38H32Cl2N3O6P. The number of benzene rings is 4. The summed E-state index contributed by atoms with van der Waals surface area (Å²) in [7, 11) is -7.50. The first-order valence-electron chi connectivity index (χ1n) is 16.0. The number of piperidine rings is 1. The number of pyridine rings is 1. The van der Waals surface area contributed by atoms with Crippen LogP contribution < -0.4 is 50.4 Å². The SMILES string of the molecule is O=c1cccc2n1C[C@H]1C[C@@H]2CN(c2oc(-c3ccc(Cl)cc3)nc2[P+](c2ccccc2)(c2ccccc2)c2ccccc2)C1.[O-][Cl+3]([O-])([O-])[O-]. The molecule has 4 aromatic carbocycles. The van der Waals surface area contributed by atoms with E-state index in [1.807, 2.05) is 34.9 Å². The van der Waals surface area contributed by atoms with Gasteiger partial charge >= 0.3 is 0 Å². The second-order valence-electron chi connectivity index (χ2n) is 12.3. The first kappa shape index (κ1) is 34.2. The Hall–Kier alpha value is -4.31. The largest absolute Gasteiger partial charge is 0.416 e. The van der Waals surface area contributed by atoms with Crippen LogP contribution >= 0.6 is 18.9 Å². The Bertz CT molecular complexity index is 2020. The third-order valence-electron chi connectivity index (χ3n) is 9.20. The second kappa shape index (κ2) is 14.1. The molecule has 1 fully saturated rings. The number of aromatic nitrogens is 2. The second-order valence-corrected chi connectivity index (χ2v) is 16.8. The summed E-state index contributed by atoms with van der Waals surface area (Å²) in [5.74, 6) is 1.94. The van der Waals surface area contributed by atoms with Gasteiger partial charge in [0.25, 0.3) is 16.9 Å². The third kappa shape index (κ3) is 6.87. The van der Waals surface area contributed by atoms with Gasteiger partial charge in [-0.3, -0.25) is 4.79 Å². The summed E-state index contributed by atoms with van der Waals surface area (Å²) in [6.45, 7) is 2.25. The maximum absolute atomic E-state index is 12.8. The molecule has 0 saturated carbocycles. The Morgan fingerprint density at radius 3 is 1.78 bits per heavy atom. The van der Waals surface area contributed by atoms with E-state index < -0.39 is 17.5 Å². The molecule has 254 valence electrons. The highest BCUT2D eigenvalue weighted by Gasteiger charge is 2.54. The molecule has 0 N–H and O–H groups in total. The van der Waals surface area contributed by atoms with E-state index in [1.165, 1.54) is 15.9 Å². The Labute approximate surface area is 296 Å². The molecular weight excluding hydrogens is 696 g/mol. The van der Waals surface area contributed by atoms with Crippen molar-refractivity contribution < 1.29 is 33.3 Å². The van der Waals surface area contributed by atoms with Gasteiger partial charge in [0.1, 0.15) is 15.9 Å². The van der Waals surface area contributed by atoms with Crippen molar-refractivity contribution in [1.29, 1.82) is 0 Å². The van der Waals surface area contributed by atoms with Gasteiger partial charge in [0, 0.05) is 47.9 Å². The quantitative estimate of drug-likeness (QED) is 0.236. The van der Waals surface area contributed by atoms with Crippen LogP contribution in [0.25, 0.3) is 11.5 Å². The lowest BCUT2D eigenvalue weighted by Gasteiger charge is -2.42. The van der Waals surface area contributed by atoms with Crippen molar-refractivity contribution in [3.05, 3.63) is 155 Å². The predicted molar refractivity (Wildman–Crippen MR) is 185 cm³/mol. The summed E-state index contributed by atoms with van der Waals surface area (Å²) in [6, 6.07) is 45.8. The van der Waals surface area contributed by atoms with Gasteiger partial charge < -0.3 is 13.9 Å². The fraction of sp³-hybridized carbons (Fsp3) is 0.158. The molecule has 2 bridgehead atoms. The van der Waals surface area contributed by atoms with E-state index in [0.717, 1.165) is 42.1 Å². The van der Waals surface area contributed by atoms with Crippen molar-refractivity contribution in [1.82, 2.24) is 9.55 Å². The molecule has 1 saturated heterocycles. The minimum Gasteiger partial charge on any atom is -0.416 e. The molecule has 0 radical (unpaired) electrons. The average molecular weight is 729 g/mol. The van der Waals surface area contributed by atoms with Crippen LogP contribution in [0.2, 0.25) is 5.02 Å². The first-order chi connectivity index (χ1) is 24.1. The Morgan fingerprint density at radius 1 is 0.700 bits per heavy atom. The zero-order valence-corrected chi connectivity index (χ0v) is 29.1. The van der Waals surface area contributed by atoms with Crippen molar-refractivity contribution in [2.75, 3.05) is 18.0 Å². The summed E-state index contributed by atoms with van der Waals surface area (Å²) in [5, 5.41) is 4.32. The van der Waals surface area contributed by atoms with Crippen molar-refractivity contribution >= 4 is 46.1 Å². The minimum absolute atomic E-state index is 0.0863. The van der Waals surface area contributed by atoms with E-state index in [1.54, 1.807) is 6.07 Å². The van der Waals surface area contributed by atoms with Crippen LogP contribution in [0.15, 0.2) is 143 Å². The number of nitrogens with zero attached hydrogens (tertiary/aromatic N) is 3. The molecule has 0 unspecified atom stereocenters. The van der Waals surface area contributed by atoms with Crippen LogP contribution in [-0.4, -0.2) is 22.6 Å². The molecule has 0 aliphatic carbocycles. The summed E-state index contributed by atoms with van der Waals surface area (Å²) in [4.78, 5) is 20.7. The molecule has 0 spiro atoms. The number of hydrogen-bond acceptors (Lipinski definition) is 8. The van der Waals surface area contributed by atoms with E-state index in [-0.39, 0.29) is 11.5 Å². The lowest BCUT2D eigenvalue weighted by Crippen LogP contribution is -2.68. The van der Waals surface area contributed by atoms with Crippen LogP contribution in [0.3, 0.4) is 0 Å². The summed E-state index contributed by atoms with van der Waals surface area (Å²) < 4.78 is 42.9. The van der Waals surface area contributed by atoms with E-state index in [4.69, 9.17) is 39.6 Å². The third-order valence-corrected chi connectivity index (χ3v) is 13.6. The van der Waals surface area contributed by atoms with E-state index in [0.29, 0.717) is 23.4 Å². The summed E-state index contributed by atoms with van der Waals surface area (Å²) in [5.41, 5.74) is 3.04. The van der Waals surface area contributed by atoms with Gasteiger partial charge in [-0.1, -0.05) is 72.3 Å². The van der Waals surface area contributed by atoms with E-state index >= 15 is 0 Å². The van der Waals surface area contributed by atoms with Crippen LogP contribution in [0.4, 0.5) is 5.88 Å². The van der Waals surface area contributed by atoms with Crippen LogP contribution in [0.5, 0.6) is 0 Å². The van der Waals surface area contributed by atoms with Crippen molar-refractivity contribution in [3.8, 4) is 11.5 Å². The first-order valence-corrected chi connectivity index (χ1v) is 19.4. The molecule has 4 heterocycles. The molecule has 50 heavy (non-hydrogen) atoms. The molecule has 2 aliphatic rings. The average Bonchev–Trinajstić information content (AvgIpc) is 3.56. The summed E-state index contributed by atoms with van der Waals surface area (Å²) >= 11 is 6.30. The van der Waals surface area contributed by atoms with Crippen molar-refractivity contribution in [2.24, 2.45) is 5.92 Å². The Morgan fingerprint density at radius 2 is 1.24 bits per heavy atom. The van der Waals surface area contributed by atoms with Gasteiger partial charge in [0.2, 0.25) is 5.89 Å². The molecule has 2 atom stereocenters. The number of anilines is 1. The number of oxazole rings is 1. The van der Waals surface area contributed by atoms with Crippen molar-refractivity contribution in [2.45, 2.75) is 18.9 Å². The van der Waals surface area contributed by atoms with Gasteiger partial charge in [-0.15, -0.1) is 10.2 Å². The van der Waals surface area contributed by atoms with E-state index in [9.17, 15) is 4.79 Å². The number of hydrogen-bond donors (Lipinski definition) is 0. The van der Waals surface area contributed by atoms with E-state index in [2.05, 4.69) is 102 Å². The fourth-order valence-electron chi connectivity index (χ4n) is 7.28. The maximum Gasteiger partial charge on any atom is 0.262 e. The molecule has 9 nitrogen and oxygen atoms in total.